The normalized spacial score (nSPS) is 12.4. The maximum Gasteiger partial charge on any atom is 0.312 e. The van der Waals surface area contributed by atoms with Gasteiger partial charge >= 0.3 is 5.97 Å². The van der Waals surface area contributed by atoms with E-state index in [1.165, 1.54) is 0 Å². The van der Waals surface area contributed by atoms with E-state index in [1.54, 1.807) is 6.92 Å². The molecule has 2 aromatic rings. The number of carboxylic acids is 1. The third-order valence-electron chi connectivity index (χ3n) is 3.38. The van der Waals surface area contributed by atoms with Crippen molar-refractivity contribution < 1.29 is 9.90 Å². The summed E-state index contributed by atoms with van der Waals surface area (Å²) in [6.07, 6.45) is 0.764. The van der Waals surface area contributed by atoms with Crippen molar-refractivity contribution in [2.75, 3.05) is 0 Å². The first-order chi connectivity index (χ1) is 8.99. The minimum absolute atomic E-state index is 0.496. The van der Waals surface area contributed by atoms with E-state index in [4.69, 9.17) is 16.7 Å². The van der Waals surface area contributed by atoms with Crippen molar-refractivity contribution in [1.82, 2.24) is 4.57 Å². The highest BCUT2D eigenvalue weighted by molar-refractivity contribution is 6.30. The summed E-state index contributed by atoms with van der Waals surface area (Å²) in [6, 6.07) is 11.5. The zero-order chi connectivity index (χ0) is 14.0. The van der Waals surface area contributed by atoms with E-state index in [-0.39, 0.29) is 0 Å². The molecule has 0 bridgehead atoms. The molecule has 100 valence electrons. The average Bonchev–Trinajstić information content (AvgIpc) is 2.73. The molecule has 0 aliphatic carbocycles. The van der Waals surface area contributed by atoms with Gasteiger partial charge in [0.25, 0.3) is 0 Å². The minimum atomic E-state index is -0.806. The quantitative estimate of drug-likeness (QED) is 0.930. The zero-order valence-electron chi connectivity index (χ0n) is 10.9. The number of hydrogen-bond donors (Lipinski definition) is 1. The number of nitrogens with zero attached hydrogens (tertiary/aromatic N) is 1. The molecule has 0 aliphatic rings. The van der Waals surface area contributed by atoms with Gasteiger partial charge in [-0.05, 0) is 36.8 Å². The average molecular weight is 278 g/mol. The van der Waals surface area contributed by atoms with E-state index in [1.807, 2.05) is 48.0 Å². The van der Waals surface area contributed by atoms with Crippen LogP contribution in [-0.4, -0.2) is 15.6 Å². The third kappa shape index (κ3) is 2.99. The summed E-state index contributed by atoms with van der Waals surface area (Å²) in [5, 5.41) is 9.78. The van der Waals surface area contributed by atoms with Gasteiger partial charge in [0.1, 0.15) is 0 Å². The predicted molar refractivity (Wildman–Crippen MR) is 75.7 cm³/mol. The molecule has 1 N–H and O–H groups in total. The molecular formula is C15H16ClNO2. The van der Waals surface area contributed by atoms with Crippen molar-refractivity contribution in [2.45, 2.75) is 19.3 Å². The van der Waals surface area contributed by atoms with E-state index >= 15 is 0 Å². The number of aliphatic carboxylic acids is 1. The van der Waals surface area contributed by atoms with Crippen LogP contribution in [0.2, 0.25) is 5.02 Å². The Morgan fingerprint density at radius 2 is 1.89 bits per heavy atom. The lowest BCUT2D eigenvalue weighted by atomic mass is 10.1. The van der Waals surface area contributed by atoms with Crippen molar-refractivity contribution in [3.8, 4) is 0 Å². The molecule has 1 aromatic heterocycles. The number of rotatable bonds is 4. The summed E-state index contributed by atoms with van der Waals surface area (Å²) in [4.78, 5) is 11.0. The van der Waals surface area contributed by atoms with Crippen molar-refractivity contribution in [1.29, 1.82) is 0 Å². The molecule has 1 atom stereocenters. The molecule has 0 radical (unpaired) electrons. The van der Waals surface area contributed by atoms with Gasteiger partial charge in [-0.3, -0.25) is 4.79 Å². The fourth-order valence-electron chi connectivity index (χ4n) is 2.12. The van der Waals surface area contributed by atoms with Crippen LogP contribution in [0.25, 0.3) is 0 Å². The molecule has 0 saturated heterocycles. The first-order valence-electron chi connectivity index (χ1n) is 6.10. The molecule has 0 amide bonds. The SMILES string of the molecule is CC(C(=O)O)c1ccc(Cc2ccc(Cl)cc2)n1C. The number of hydrogen-bond acceptors (Lipinski definition) is 1. The highest BCUT2D eigenvalue weighted by Crippen LogP contribution is 2.20. The molecule has 1 unspecified atom stereocenters. The van der Waals surface area contributed by atoms with Crippen molar-refractivity contribution in [3.63, 3.8) is 0 Å². The van der Waals surface area contributed by atoms with Gasteiger partial charge in [-0.2, -0.15) is 0 Å². The van der Waals surface area contributed by atoms with Crippen LogP contribution in [0.1, 0.15) is 29.8 Å². The van der Waals surface area contributed by atoms with Crippen LogP contribution in [0.5, 0.6) is 0 Å². The topological polar surface area (TPSA) is 42.2 Å². The Balaban J connectivity index is 2.23. The number of carbonyl (C=O) groups is 1. The van der Waals surface area contributed by atoms with Crippen LogP contribution in [0.15, 0.2) is 36.4 Å². The molecule has 4 heteroatoms. The van der Waals surface area contributed by atoms with E-state index < -0.39 is 11.9 Å². The molecule has 0 spiro atoms. The van der Waals surface area contributed by atoms with Crippen LogP contribution in [0, 0.1) is 0 Å². The van der Waals surface area contributed by atoms with Crippen LogP contribution in [-0.2, 0) is 18.3 Å². The Bertz CT molecular complexity index is 587. The lowest BCUT2D eigenvalue weighted by Gasteiger charge is -2.11. The minimum Gasteiger partial charge on any atom is -0.481 e. The summed E-state index contributed by atoms with van der Waals surface area (Å²) >= 11 is 5.86. The Hall–Kier alpha value is -1.74. The monoisotopic (exact) mass is 277 g/mol. The van der Waals surface area contributed by atoms with E-state index in [0.717, 1.165) is 28.4 Å². The van der Waals surface area contributed by atoms with Crippen LogP contribution in [0.4, 0.5) is 0 Å². The summed E-state index contributed by atoms with van der Waals surface area (Å²) in [5.74, 6) is -1.30. The maximum absolute atomic E-state index is 11.0. The highest BCUT2D eigenvalue weighted by Gasteiger charge is 2.18. The summed E-state index contributed by atoms with van der Waals surface area (Å²) in [7, 11) is 1.90. The van der Waals surface area contributed by atoms with E-state index in [2.05, 4.69) is 0 Å². The van der Waals surface area contributed by atoms with Gasteiger partial charge in [0.2, 0.25) is 0 Å². The molecule has 0 fully saturated rings. The van der Waals surface area contributed by atoms with Crippen LogP contribution < -0.4 is 0 Å². The molecular weight excluding hydrogens is 262 g/mol. The Morgan fingerprint density at radius 3 is 2.47 bits per heavy atom. The van der Waals surface area contributed by atoms with Gasteiger partial charge in [0.05, 0.1) is 5.92 Å². The molecule has 2 rings (SSSR count). The smallest absolute Gasteiger partial charge is 0.312 e. The molecule has 19 heavy (non-hydrogen) atoms. The molecule has 1 heterocycles. The van der Waals surface area contributed by atoms with Gasteiger partial charge in [-0.1, -0.05) is 23.7 Å². The molecule has 0 aliphatic heterocycles. The number of aromatic nitrogens is 1. The molecule has 3 nitrogen and oxygen atoms in total. The lowest BCUT2D eigenvalue weighted by Crippen LogP contribution is -2.12. The zero-order valence-corrected chi connectivity index (χ0v) is 11.7. The summed E-state index contributed by atoms with van der Waals surface area (Å²) in [6.45, 7) is 1.70. The van der Waals surface area contributed by atoms with E-state index in [0.29, 0.717) is 0 Å². The fourth-order valence-corrected chi connectivity index (χ4v) is 2.25. The van der Waals surface area contributed by atoms with Gasteiger partial charge in [0, 0.05) is 29.9 Å². The van der Waals surface area contributed by atoms with Gasteiger partial charge in [-0.25, -0.2) is 0 Å². The van der Waals surface area contributed by atoms with Gasteiger partial charge in [0.15, 0.2) is 0 Å². The first-order valence-corrected chi connectivity index (χ1v) is 6.48. The maximum atomic E-state index is 11.0. The second kappa shape index (κ2) is 5.49. The second-order valence-corrected chi connectivity index (χ2v) is 5.11. The van der Waals surface area contributed by atoms with Gasteiger partial charge in [-0.15, -0.1) is 0 Å². The van der Waals surface area contributed by atoms with Crippen molar-refractivity contribution in [3.05, 3.63) is 58.4 Å². The Kier molecular flexibility index (Phi) is 3.96. The first kappa shape index (κ1) is 13.7. The lowest BCUT2D eigenvalue weighted by molar-refractivity contribution is -0.138. The fraction of sp³-hybridized carbons (Fsp3) is 0.267. The Morgan fingerprint density at radius 1 is 1.26 bits per heavy atom. The van der Waals surface area contributed by atoms with Crippen LogP contribution in [0.3, 0.4) is 0 Å². The molecule has 0 saturated carbocycles. The van der Waals surface area contributed by atoms with Crippen molar-refractivity contribution >= 4 is 17.6 Å². The van der Waals surface area contributed by atoms with Gasteiger partial charge < -0.3 is 9.67 Å². The summed E-state index contributed by atoms with van der Waals surface area (Å²) < 4.78 is 1.95. The largest absolute Gasteiger partial charge is 0.481 e. The standard InChI is InChI=1S/C15H16ClNO2/c1-10(15(18)19)14-8-7-13(17(14)2)9-11-3-5-12(16)6-4-11/h3-8,10H,9H2,1-2H3,(H,18,19). The van der Waals surface area contributed by atoms with Crippen LogP contribution >= 0.6 is 11.6 Å². The van der Waals surface area contributed by atoms with Crippen molar-refractivity contribution in [2.24, 2.45) is 7.05 Å². The number of carboxylic acid groups (broad SMARTS) is 1. The predicted octanol–water partition coefficient (Wildman–Crippen LogP) is 3.46. The number of benzene rings is 1. The Labute approximate surface area is 117 Å². The highest BCUT2D eigenvalue weighted by atomic mass is 35.5. The third-order valence-corrected chi connectivity index (χ3v) is 3.63. The van der Waals surface area contributed by atoms with E-state index in [9.17, 15) is 4.79 Å². The second-order valence-electron chi connectivity index (χ2n) is 4.67. The summed E-state index contributed by atoms with van der Waals surface area (Å²) in [5.41, 5.74) is 3.06. The number of halogens is 1. The molecule has 1 aromatic carbocycles.